The van der Waals surface area contributed by atoms with Gasteiger partial charge in [-0.2, -0.15) is 0 Å². The van der Waals surface area contributed by atoms with E-state index in [1.54, 1.807) is 0 Å². The summed E-state index contributed by atoms with van der Waals surface area (Å²) in [5.74, 6) is 0.937. The van der Waals surface area contributed by atoms with Gasteiger partial charge >= 0.3 is 0 Å². The van der Waals surface area contributed by atoms with Gasteiger partial charge in [-0.25, -0.2) is 0 Å². The maximum Gasteiger partial charge on any atom is 0.0300 e. The van der Waals surface area contributed by atoms with Crippen LogP contribution in [-0.4, -0.2) is 6.04 Å². The first-order chi connectivity index (χ1) is 9.78. The monoisotopic (exact) mass is 267 g/mol. The molecule has 106 valence electrons. The van der Waals surface area contributed by atoms with Gasteiger partial charge in [0.15, 0.2) is 0 Å². The average Bonchev–Trinajstić information content (AvgIpc) is 2.94. The highest BCUT2D eigenvalue weighted by atomic mass is 14.9. The van der Waals surface area contributed by atoms with Crippen LogP contribution in [-0.2, 0) is 0 Å². The summed E-state index contributed by atoms with van der Waals surface area (Å²) in [4.78, 5) is 0. The van der Waals surface area contributed by atoms with E-state index in [9.17, 15) is 0 Å². The average molecular weight is 267 g/mol. The highest BCUT2D eigenvalue weighted by Gasteiger charge is 2.24. The smallest absolute Gasteiger partial charge is 0.0300 e. The molecule has 1 nitrogen and oxygen atoms in total. The molecule has 3 rings (SSSR count). The zero-order chi connectivity index (χ0) is 13.9. The van der Waals surface area contributed by atoms with Crippen molar-refractivity contribution in [1.29, 1.82) is 0 Å². The molecule has 3 atom stereocenters. The summed E-state index contributed by atoms with van der Waals surface area (Å²) >= 11 is 0. The summed E-state index contributed by atoms with van der Waals surface area (Å²) in [7, 11) is 0. The SMILES string of the molecule is CCC1CCC(NC(C)c2cccc3ccccc23)C1. The van der Waals surface area contributed by atoms with E-state index in [4.69, 9.17) is 0 Å². The van der Waals surface area contributed by atoms with E-state index in [1.165, 1.54) is 42.0 Å². The van der Waals surface area contributed by atoms with Gasteiger partial charge in [0.25, 0.3) is 0 Å². The Morgan fingerprint density at radius 3 is 2.70 bits per heavy atom. The van der Waals surface area contributed by atoms with Crippen LogP contribution in [0.4, 0.5) is 0 Å². The number of nitrogens with one attached hydrogen (secondary N) is 1. The van der Waals surface area contributed by atoms with Crippen LogP contribution in [0, 0.1) is 5.92 Å². The van der Waals surface area contributed by atoms with Crippen molar-refractivity contribution in [1.82, 2.24) is 5.32 Å². The van der Waals surface area contributed by atoms with Crippen LogP contribution in [0.2, 0.25) is 0 Å². The molecule has 1 aliphatic rings. The molecule has 2 aromatic rings. The van der Waals surface area contributed by atoms with E-state index < -0.39 is 0 Å². The summed E-state index contributed by atoms with van der Waals surface area (Å²) in [6, 6.07) is 16.5. The molecule has 0 aromatic heterocycles. The van der Waals surface area contributed by atoms with Gasteiger partial charge < -0.3 is 5.32 Å². The second-order valence-corrected chi connectivity index (χ2v) is 6.24. The van der Waals surface area contributed by atoms with Gasteiger partial charge in [0.05, 0.1) is 0 Å². The Hall–Kier alpha value is -1.34. The standard InChI is InChI=1S/C19H25N/c1-3-15-11-12-17(13-15)20-14(2)18-10-6-8-16-7-4-5-9-19(16)18/h4-10,14-15,17,20H,3,11-13H2,1-2H3. The highest BCUT2D eigenvalue weighted by molar-refractivity contribution is 5.86. The first-order valence-corrected chi connectivity index (χ1v) is 8.01. The molecule has 1 heteroatoms. The van der Waals surface area contributed by atoms with Crippen molar-refractivity contribution in [2.45, 2.75) is 51.6 Å². The molecule has 20 heavy (non-hydrogen) atoms. The maximum atomic E-state index is 3.85. The van der Waals surface area contributed by atoms with Crippen LogP contribution in [0.5, 0.6) is 0 Å². The van der Waals surface area contributed by atoms with E-state index in [-0.39, 0.29) is 0 Å². The van der Waals surface area contributed by atoms with Crippen LogP contribution in [0.1, 0.15) is 51.1 Å². The van der Waals surface area contributed by atoms with Crippen molar-refractivity contribution in [3.05, 3.63) is 48.0 Å². The van der Waals surface area contributed by atoms with E-state index in [0.717, 1.165) is 5.92 Å². The topological polar surface area (TPSA) is 12.0 Å². The fraction of sp³-hybridized carbons (Fsp3) is 0.474. The minimum atomic E-state index is 0.432. The predicted octanol–water partition coefficient (Wildman–Crippen LogP) is 5.07. The maximum absolute atomic E-state index is 3.85. The summed E-state index contributed by atoms with van der Waals surface area (Å²) in [5.41, 5.74) is 1.43. The summed E-state index contributed by atoms with van der Waals surface area (Å²) in [6.45, 7) is 4.63. The van der Waals surface area contributed by atoms with Crippen LogP contribution in [0.25, 0.3) is 10.8 Å². The largest absolute Gasteiger partial charge is 0.307 e. The van der Waals surface area contributed by atoms with Crippen LogP contribution in [0.3, 0.4) is 0 Å². The van der Waals surface area contributed by atoms with Crippen molar-refractivity contribution in [2.75, 3.05) is 0 Å². The van der Waals surface area contributed by atoms with Gasteiger partial charge in [0.2, 0.25) is 0 Å². The number of rotatable bonds is 4. The van der Waals surface area contributed by atoms with Crippen molar-refractivity contribution < 1.29 is 0 Å². The molecule has 1 aliphatic carbocycles. The third-order valence-corrected chi connectivity index (χ3v) is 4.89. The third-order valence-electron chi connectivity index (χ3n) is 4.89. The Bertz CT molecular complexity index is 569. The van der Waals surface area contributed by atoms with Crippen LogP contribution < -0.4 is 5.32 Å². The number of fused-ring (bicyclic) bond motifs is 1. The number of hydrogen-bond donors (Lipinski definition) is 1. The predicted molar refractivity (Wildman–Crippen MR) is 86.9 cm³/mol. The fourth-order valence-electron chi connectivity index (χ4n) is 3.67. The van der Waals surface area contributed by atoms with Crippen molar-refractivity contribution >= 4 is 10.8 Å². The Kier molecular flexibility index (Phi) is 4.07. The van der Waals surface area contributed by atoms with Crippen molar-refractivity contribution in [2.24, 2.45) is 5.92 Å². The minimum Gasteiger partial charge on any atom is -0.307 e. The molecule has 0 radical (unpaired) electrons. The van der Waals surface area contributed by atoms with Gasteiger partial charge in [0.1, 0.15) is 0 Å². The highest BCUT2D eigenvalue weighted by Crippen LogP contribution is 2.31. The van der Waals surface area contributed by atoms with Crippen molar-refractivity contribution in [3.63, 3.8) is 0 Å². The number of hydrogen-bond acceptors (Lipinski definition) is 1. The second-order valence-electron chi connectivity index (χ2n) is 6.24. The summed E-state index contributed by atoms with van der Waals surface area (Å²) in [6.07, 6.45) is 5.43. The second kappa shape index (κ2) is 5.97. The van der Waals surface area contributed by atoms with Crippen LogP contribution in [0.15, 0.2) is 42.5 Å². The van der Waals surface area contributed by atoms with Crippen LogP contribution >= 0.6 is 0 Å². The minimum absolute atomic E-state index is 0.432. The zero-order valence-corrected chi connectivity index (χ0v) is 12.6. The van der Waals surface area contributed by atoms with Gasteiger partial charge in [-0.3, -0.25) is 0 Å². The fourth-order valence-corrected chi connectivity index (χ4v) is 3.67. The molecule has 1 saturated carbocycles. The molecular weight excluding hydrogens is 242 g/mol. The molecule has 0 saturated heterocycles. The lowest BCUT2D eigenvalue weighted by Gasteiger charge is -2.21. The molecule has 0 aliphatic heterocycles. The third kappa shape index (κ3) is 2.73. The molecular formula is C19H25N. The lowest BCUT2D eigenvalue weighted by molar-refractivity contribution is 0.439. The summed E-state index contributed by atoms with van der Waals surface area (Å²) in [5, 5.41) is 6.58. The van der Waals surface area contributed by atoms with E-state index >= 15 is 0 Å². The molecule has 0 bridgehead atoms. The Morgan fingerprint density at radius 2 is 1.90 bits per heavy atom. The van der Waals surface area contributed by atoms with E-state index in [1.807, 2.05) is 0 Å². The Morgan fingerprint density at radius 1 is 1.10 bits per heavy atom. The lowest BCUT2D eigenvalue weighted by Crippen LogP contribution is -2.29. The Balaban J connectivity index is 1.77. The first kappa shape index (κ1) is 13.6. The van der Waals surface area contributed by atoms with Gasteiger partial charge in [-0.15, -0.1) is 0 Å². The molecule has 0 amide bonds. The molecule has 0 spiro atoms. The number of benzene rings is 2. The molecule has 2 aromatic carbocycles. The molecule has 1 N–H and O–H groups in total. The van der Waals surface area contributed by atoms with E-state index in [0.29, 0.717) is 12.1 Å². The van der Waals surface area contributed by atoms with Crippen molar-refractivity contribution in [3.8, 4) is 0 Å². The van der Waals surface area contributed by atoms with Gasteiger partial charge in [0, 0.05) is 12.1 Å². The normalized spacial score (nSPS) is 24.1. The Labute approximate surface area is 122 Å². The van der Waals surface area contributed by atoms with E-state index in [2.05, 4.69) is 61.6 Å². The van der Waals surface area contributed by atoms with Gasteiger partial charge in [-0.1, -0.05) is 55.8 Å². The lowest BCUT2D eigenvalue weighted by atomic mass is 9.99. The van der Waals surface area contributed by atoms with Gasteiger partial charge in [-0.05, 0) is 48.4 Å². The molecule has 0 heterocycles. The zero-order valence-electron chi connectivity index (χ0n) is 12.6. The molecule has 1 fully saturated rings. The quantitative estimate of drug-likeness (QED) is 0.815. The first-order valence-electron chi connectivity index (χ1n) is 8.01. The summed E-state index contributed by atoms with van der Waals surface area (Å²) < 4.78 is 0. The molecule has 3 unspecified atom stereocenters.